The highest BCUT2D eigenvalue weighted by atomic mass is 16.6. The van der Waals surface area contributed by atoms with Crippen LogP contribution in [0.2, 0.25) is 0 Å². The summed E-state index contributed by atoms with van der Waals surface area (Å²) >= 11 is 0. The summed E-state index contributed by atoms with van der Waals surface area (Å²) in [7, 11) is 1.49. The number of carbonyl (C=O) groups excluding carboxylic acids is 1. The highest BCUT2D eigenvalue weighted by Gasteiger charge is 2.16. The Bertz CT molecular complexity index is 403. The molecule has 1 unspecified atom stereocenters. The van der Waals surface area contributed by atoms with Crippen molar-refractivity contribution in [1.82, 2.24) is 15.0 Å². The van der Waals surface area contributed by atoms with Crippen LogP contribution in [-0.2, 0) is 20.8 Å². The van der Waals surface area contributed by atoms with E-state index in [1.54, 1.807) is 6.92 Å². The van der Waals surface area contributed by atoms with Crippen LogP contribution >= 0.6 is 0 Å². The van der Waals surface area contributed by atoms with Crippen LogP contribution < -0.4 is 0 Å². The predicted octanol–water partition coefficient (Wildman–Crippen LogP) is -0.446. The minimum atomic E-state index is -1.20. The number of ether oxygens (including phenoxy) is 2. The van der Waals surface area contributed by atoms with Crippen molar-refractivity contribution in [3.8, 4) is 0 Å². The standard InChI is InChI=1S/C9H13N3O5/c1-6(5-16-2)17-8(13)4-12-7(9(14)15)3-10-11-12/h3,6H,4-5H2,1-2H3,(H,14,15). The summed E-state index contributed by atoms with van der Waals surface area (Å²) in [6, 6.07) is 0. The van der Waals surface area contributed by atoms with Crippen LogP contribution in [0.1, 0.15) is 17.4 Å². The molecule has 8 nitrogen and oxygen atoms in total. The van der Waals surface area contributed by atoms with Crippen molar-refractivity contribution >= 4 is 11.9 Å². The maximum absolute atomic E-state index is 11.4. The number of carboxylic acid groups (broad SMARTS) is 1. The van der Waals surface area contributed by atoms with E-state index in [9.17, 15) is 9.59 Å². The number of aromatic carboxylic acids is 1. The first-order valence-corrected chi connectivity index (χ1v) is 4.84. The number of hydrogen-bond acceptors (Lipinski definition) is 6. The summed E-state index contributed by atoms with van der Waals surface area (Å²) in [6.45, 7) is 1.64. The molecule has 1 heterocycles. The van der Waals surface area contributed by atoms with Crippen LogP contribution in [-0.4, -0.2) is 51.9 Å². The first kappa shape index (κ1) is 13.1. The van der Waals surface area contributed by atoms with Crippen LogP contribution in [0.15, 0.2) is 6.20 Å². The SMILES string of the molecule is COCC(C)OC(=O)Cn1nncc1C(=O)O. The van der Waals surface area contributed by atoms with Crippen molar-refractivity contribution in [3.63, 3.8) is 0 Å². The van der Waals surface area contributed by atoms with Crippen LogP contribution in [0.25, 0.3) is 0 Å². The minimum Gasteiger partial charge on any atom is -0.476 e. The molecule has 1 rings (SSSR count). The lowest BCUT2D eigenvalue weighted by Crippen LogP contribution is -2.24. The summed E-state index contributed by atoms with van der Waals surface area (Å²) < 4.78 is 10.7. The van der Waals surface area contributed by atoms with Gasteiger partial charge in [-0.05, 0) is 6.92 Å². The van der Waals surface area contributed by atoms with Crippen LogP contribution in [0.5, 0.6) is 0 Å². The molecular formula is C9H13N3O5. The van der Waals surface area contributed by atoms with Crippen LogP contribution in [0.3, 0.4) is 0 Å². The van der Waals surface area contributed by atoms with Gasteiger partial charge in [0.15, 0.2) is 5.69 Å². The molecular weight excluding hydrogens is 230 g/mol. The molecule has 0 saturated carbocycles. The fraction of sp³-hybridized carbons (Fsp3) is 0.556. The largest absolute Gasteiger partial charge is 0.476 e. The zero-order valence-corrected chi connectivity index (χ0v) is 9.49. The number of aromatic nitrogens is 3. The van der Waals surface area contributed by atoms with E-state index >= 15 is 0 Å². The van der Waals surface area contributed by atoms with Crippen LogP contribution in [0, 0.1) is 0 Å². The van der Waals surface area contributed by atoms with Crippen molar-refractivity contribution < 1.29 is 24.2 Å². The number of esters is 1. The summed E-state index contributed by atoms with van der Waals surface area (Å²) in [5.74, 6) is -1.80. The Hall–Kier alpha value is -1.96. The van der Waals surface area contributed by atoms with Crippen molar-refractivity contribution in [2.75, 3.05) is 13.7 Å². The number of hydrogen-bond donors (Lipinski definition) is 1. The predicted molar refractivity (Wildman–Crippen MR) is 54.4 cm³/mol. The van der Waals surface area contributed by atoms with Gasteiger partial charge in [-0.15, -0.1) is 5.10 Å². The van der Waals surface area contributed by atoms with E-state index in [2.05, 4.69) is 10.3 Å². The number of carboxylic acids is 1. The van der Waals surface area contributed by atoms with E-state index < -0.39 is 18.0 Å². The maximum Gasteiger partial charge on any atom is 0.355 e. The number of nitrogens with zero attached hydrogens (tertiary/aromatic N) is 3. The van der Waals surface area contributed by atoms with Gasteiger partial charge in [-0.2, -0.15) is 0 Å². The molecule has 0 aliphatic carbocycles. The van der Waals surface area contributed by atoms with Gasteiger partial charge in [0.25, 0.3) is 0 Å². The summed E-state index contributed by atoms with van der Waals surface area (Å²) in [4.78, 5) is 22.1. The molecule has 17 heavy (non-hydrogen) atoms. The van der Waals surface area contributed by atoms with Crippen LogP contribution in [0.4, 0.5) is 0 Å². The second kappa shape index (κ2) is 5.94. The minimum absolute atomic E-state index is 0.165. The Morgan fingerprint density at radius 1 is 1.59 bits per heavy atom. The van der Waals surface area contributed by atoms with Crippen molar-refractivity contribution in [2.24, 2.45) is 0 Å². The average molecular weight is 243 g/mol. The fourth-order valence-corrected chi connectivity index (χ4v) is 1.19. The molecule has 94 valence electrons. The monoisotopic (exact) mass is 243 g/mol. The van der Waals surface area contributed by atoms with Gasteiger partial charge < -0.3 is 14.6 Å². The van der Waals surface area contributed by atoms with E-state index in [1.165, 1.54) is 7.11 Å². The summed E-state index contributed by atoms with van der Waals surface area (Å²) in [6.07, 6.45) is 0.665. The molecule has 0 fully saturated rings. The van der Waals surface area contributed by atoms with Gasteiger partial charge >= 0.3 is 11.9 Å². The zero-order valence-electron chi connectivity index (χ0n) is 9.49. The summed E-state index contributed by atoms with van der Waals surface area (Å²) in [5.41, 5.74) is -0.165. The summed E-state index contributed by atoms with van der Waals surface area (Å²) in [5, 5.41) is 15.7. The third-order valence-electron chi connectivity index (χ3n) is 1.85. The first-order valence-electron chi connectivity index (χ1n) is 4.84. The number of carbonyl (C=O) groups is 2. The van der Waals surface area contributed by atoms with E-state index in [-0.39, 0.29) is 18.8 Å². The highest BCUT2D eigenvalue weighted by molar-refractivity contribution is 5.85. The third-order valence-corrected chi connectivity index (χ3v) is 1.85. The molecule has 0 amide bonds. The second-order valence-electron chi connectivity index (χ2n) is 3.34. The molecule has 1 N–H and O–H groups in total. The van der Waals surface area contributed by atoms with Gasteiger partial charge in [0.1, 0.15) is 12.6 Å². The van der Waals surface area contributed by atoms with Gasteiger partial charge in [-0.25, -0.2) is 9.48 Å². The Kier molecular flexibility index (Phi) is 4.58. The first-order chi connectivity index (χ1) is 8.04. The molecule has 1 aromatic heterocycles. The Morgan fingerprint density at radius 2 is 2.29 bits per heavy atom. The van der Waals surface area contributed by atoms with E-state index in [0.29, 0.717) is 0 Å². The molecule has 0 spiro atoms. The third kappa shape index (κ3) is 3.83. The molecule has 0 saturated heterocycles. The lowest BCUT2D eigenvalue weighted by atomic mass is 10.4. The molecule has 0 bridgehead atoms. The lowest BCUT2D eigenvalue weighted by Gasteiger charge is -2.12. The number of methoxy groups -OCH3 is 1. The lowest BCUT2D eigenvalue weighted by molar-refractivity contribution is -0.151. The molecule has 1 atom stereocenters. The van der Waals surface area contributed by atoms with Gasteiger partial charge in [0.2, 0.25) is 0 Å². The van der Waals surface area contributed by atoms with Gasteiger partial charge in [-0.3, -0.25) is 4.79 Å². The molecule has 8 heteroatoms. The Labute approximate surface area is 97.1 Å². The number of rotatable bonds is 6. The molecule has 0 radical (unpaired) electrons. The molecule has 0 aromatic carbocycles. The molecule has 1 aromatic rings. The normalized spacial score (nSPS) is 12.1. The maximum atomic E-state index is 11.4. The smallest absolute Gasteiger partial charge is 0.355 e. The second-order valence-corrected chi connectivity index (χ2v) is 3.34. The van der Waals surface area contributed by atoms with Crippen molar-refractivity contribution in [2.45, 2.75) is 19.6 Å². The fourth-order valence-electron chi connectivity index (χ4n) is 1.19. The van der Waals surface area contributed by atoms with Crippen molar-refractivity contribution in [3.05, 3.63) is 11.9 Å². The van der Waals surface area contributed by atoms with Gasteiger partial charge in [-0.1, -0.05) is 5.21 Å². The van der Waals surface area contributed by atoms with E-state index in [0.717, 1.165) is 10.9 Å². The topological polar surface area (TPSA) is 104 Å². The Balaban J connectivity index is 2.56. The van der Waals surface area contributed by atoms with Gasteiger partial charge in [0.05, 0.1) is 12.8 Å². The quantitative estimate of drug-likeness (QED) is 0.675. The van der Waals surface area contributed by atoms with Gasteiger partial charge in [0, 0.05) is 7.11 Å². The molecule has 0 aliphatic heterocycles. The average Bonchev–Trinajstić information content (AvgIpc) is 2.65. The highest BCUT2D eigenvalue weighted by Crippen LogP contribution is 1.99. The van der Waals surface area contributed by atoms with Crippen molar-refractivity contribution in [1.29, 1.82) is 0 Å². The molecule has 0 aliphatic rings. The van der Waals surface area contributed by atoms with E-state index in [4.69, 9.17) is 14.6 Å². The zero-order chi connectivity index (χ0) is 12.8. The van der Waals surface area contributed by atoms with E-state index in [1.807, 2.05) is 0 Å². The Morgan fingerprint density at radius 3 is 2.88 bits per heavy atom.